The minimum Gasteiger partial charge on any atom is -0.465 e. The van der Waals surface area contributed by atoms with Crippen LogP contribution in [0.15, 0.2) is 16.5 Å². The molecule has 0 N–H and O–H groups in total. The lowest BCUT2D eigenvalue weighted by molar-refractivity contribution is -0.137. The Hall–Kier alpha value is -1.33. The Morgan fingerprint density at radius 3 is 2.90 bits per heavy atom. The summed E-state index contributed by atoms with van der Waals surface area (Å²) in [6.07, 6.45) is 2.08. The van der Waals surface area contributed by atoms with Crippen LogP contribution in [0.2, 0.25) is 0 Å². The van der Waals surface area contributed by atoms with E-state index in [2.05, 4.69) is 4.90 Å². The fourth-order valence-corrected chi connectivity index (χ4v) is 3.55. The molecule has 3 heterocycles. The molecule has 116 valence electrons. The predicted molar refractivity (Wildman–Crippen MR) is 78.8 cm³/mol. The fraction of sp³-hybridized carbons (Fsp3) is 0.688. The molecule has 0 radical (unpaired) electrons. The molecule has 0 saturated carbocycles. The Labute approximate surface area is 125 Å². The number of fused-ring (bicyclic) bond motifs is 1. The van der Waals surface area contributed by atoms with Crippen LogP contribution in [0.25, 0.3) is 0 Å². The molecule has 0 bridgehead atoms. The lowest BCUT2D eigenvalue weighted by Crippen LogP contribution is -2.52. The van der Waals surface area contributed by atoms with Gasteiger partial charge in [-0.1, -0.05) is 0 Å². The van der Waals surface area contributed by atoms with E-state index in [1.165, 1.54) is 0 Å². The Bertz CT molecular complexity index is 511. The molecule has 2 fully saturated rings. The highest BCUT2D eigenvalue weighted by Gasteiger charge is 2.42. The standard InChI is InChI=1S/C16H24N2O3/c1-11-4-5-13(21-11)10-18-9-12(16(19)17(2)3)8-15-14(18)6-7-20-15/h4-5,12,14-15H,6-10H2,1-3H3/t12-,14-,15-/m0/s1. The molecule has 2 saturated heterocycles. The molecule has 3 rings (SSSR count). The molecule has 0 aromatic carbocycles. The highest BCUT2D eigenvalue weighted by Crippen LogP contribution is 2.33. The van der Waals surface area contributed by atoms with Crippen LogP contribution < -0.4 is 0 Å². The number of furan rings is 1. The molecule has 0 unspecified atom stereocenters. The maximum atomic E-state index is 12.3. The van der Waals surface area contributed by atoms with E-state index in [-0.39, 0.29) is 17.9 Å². The number of likely N-dealkylation sites (tertiary alicyclic amines) is 1. The van der Waals surface area contributed by atoms with Crippen LogP contribution in [-0.4, -0.2) is 55.1 Å². The molecule has 0 spiro atoms. The van der Waals surface area contributed by atoms with E-state index in [9.17, 15) is 4.79 Å². The maximum absolute atomic E-state index is 12.3. The summed E-state index contributed by atoms with van der Waals surface area (Å²) in [6, 6.07) is 4.43. The molecule has 2 aliphatic rings. The average Bonchev–Trinajstić information content (AvgIpc) is 3.06. The van der Waals surface area contributed by atoms with Crippen molar-refractivity contribution in [3.8, 4) is 0 Å². The number of hydrogen-bond acceptors (Lipinski definition) is 4. The number of ether oxygens (including phenoxy) is 1. The van der Waals surface area contributed by atoms with Crippen molar-refractivity contribution in [2.24, 2.45) is 5.92 Å². The van der Waals surface area contributed by atoms with Gasteiger partial charge in [-0.2, -0.15) is 0 Å². The van der Waals surface area contributed by atoms with Gasteiger partial charge in [0.05, 0.1) is 18.6 Å². The molecular weight excluding hydrogens is 268 g/mol. The zero-order valence-electron chi connectivity index (χ0n) is 13.0. The molecule has 5 nitrogen and oxygen atoms in total. The molecule has 1 aromatic heterocycles. The second-order valence-corrected chi connectivity index (χ2v) is 6.37. The first kappa shape index (κ1) is 14.6. The zero-order chi connectivity index (χ0) is 15.0. The Balaban J connectivity index is 1.74. The molecule has 2 aliphatic heterocycles. The van der Waals surface area contributed by atoms with Gasteiger partial charge in [0, 0.05) is 33.3 Å². The summed E-state index contributed by atoms with van der Waals surface area (Å²) in [5.41, 5.74) is 0. The van der Waals surface area contributed by atoms with Gasteiger partial charge in [-0.25, -0.2) is 0 Å². The van der Waals surface area contributed by atoms with Gasteiger partial charge in [-0.3, -0.25) is 9.69 Å². The van der Waals surface area contributed by atoms with E-state index >= 15 is 0 Å². The lowest BCUT2D eigenvalue weighted by atomic mass is 9.89. The second kappa shape index (κ2) is 5.81. The summed E-state index contributed by atoms with van der Waals surface area (Å²) >= 11 is 0. The van der Waals surface area contributed by atoms with Crippen molar-refractivity contribution in [1.29, 1.82) is 0 Å². The highest BCUT2D eigenvalue weighted by molar-refractivity contribution is 5.78. The Morgan fingerprint density at radius 2 is 2.24 bits per heavy atom. The van der Waals surface area contributed by atoms with E-state index in [4.69, 9.17) is 9.15 Å². The number of carbonyl (C=O) groups excluding carboxylic acids is 1. The quantitative estimate of drug-likeness (QED) is 0.850. The van der Waals surface area contributed by atoms with Gasteiger partial charge in [0.1, 0.15) is 11.5 Å². The number of piperidine rings is 1. The fourth-order valence-electron chi connectivity index (χ4n) is 3.55. The molecule has 5 heteroatoms. The van der Waals surface area contributed by atoms with Crippen molar-refractivity contribution in [3.63, 3.8) is 0 Å². The largest absolute Gasteiger partial charge is 0.465 e. The lowest BCUT2D eigenvalue weighted by Gasteiger charge is -2.40. The number of amides is 1. The molecule has 3 atom stereocenters. The summed E-state index contributed by atoms with van der Waals surface area (Å²) in [5, 5.41) is 0. The first-order valence-electron chi connectivity index (χ1n) is 7.66. The van der Waals surface area contributed by atoms with Crippen LogP contribution >= 0.6 is 0 Å². The molecule has 21 heavy (non-hydrogen) atoms. The van der Waals surface area contributed by atoms with Crippen LogP contribution in [0.4, 0.5) is 0 Å². The van der Waals surface area contributed by atoms with Crippen molar-refractivity contribution >= 4 is 5.91 Å². The van der Waals surface area contributed by atoms with Gasteiger partial charge >= 0.3 is 0 Å². The summed E-state index contributed by atoms with van der Waals surface area (Å²) in [4.78, 5) is 16.4. The first-order valence-corrected chi connectivity index (χ1v) is 7.66. The third kappa shape index (κ3) is 2.99. The molecular formula is C16H24N2O3. The van der Waals surface area contributed by atoms with Gasteiger partial charge < -0.3 is 14.1 Å². The van der Waals surface area contributed by atoms with Crippen LogP contribution in [0.1, 0.15) is 24.4 Å². The van der Waals surface area contributed by atoms with Gasteiger partial charge in [-0.05, 0) is 31.9 Å². The summed E-state index contributed by atoms with van der Waals surface area (Å²) in [7, 11) is 3.65. The van der Waals surface area contributed by atoms with Crippen LogP contribution in [0, 0.1) is 12.8 Å². The van der Waals surface area contributed by atoms with Crippen molar-refractivity contribution in [1.82, 2.24) is 9.80 Å². The van der Waals surface area contributed by atoms with E-state index in [1.54, 1.807) is 4.90 Å². The van der Waals surface area contributed by atoms with E-state index in [1.807, 2.05) is 33.2 Å². The smallest absolute Gasteiger partial charge is 0.226 e. The minimum atomic E-state index is 0.0235. The van der Waals surface area contributed by atoms with E-state index in [0.717, 1.165) is 44.1 Å². The minimum absolute atomic E-state index is 0.0235. The van der Waals surface area contributed by atoms with Crippen LogP contribution in [0.3, 0.4) is 0 Å². The van der Waals surface area contributed by atoms with Gasteiger partial charge in [0.2, 0.25) is 5.91 Å². The number of carbonyl (C=O) groups is 1. The third-order valence-electron chi connectivity index (χ3n) is 4.56. The van der Waals surface area contributed by atoms with Crippen molar-refractivity contribution in [2.45, 2.75) is 38.5 Å². The maximum Gasteiger partial charge on any atom is 0.226 e. The number of aryl methyl sites for hydroxylation is 1. The second-order valence-electron chi connectivity index (χ2n) is 6.37. The summed E-state index contributed by atoms with van der Waals surface area (Å²) in [5.74, 6) is 2.12. The Kier molecular flexibility index (Phi) is 4.04. The monoisotopic (exact) mass is 292 g/mol. The summed E-state index contributed by atoms with van der Waals surface area (Å²) in [6.45, 7) is 4.31. The number of hydrogen-bond donors (Lipinski definition) is 0. The predicted octanol–water partition coefficient (Wildman–Crippen LogP) is 1.66. The zero-order valence-corrected chi connectivity index (χ0v) is 13.0. The topological polar surface area (TPSA) is 45.9 Å². The van der Waals surface area contributed by atoms with Gasteiger partial charge in [0.25, 0.3) is 0 Å². The van der Waals surface area contributed by atoms with Crippen LogP contribution in [0.5, 0.6) is 0 Å². The van der Waals surface area contributed by atoms with Crippen LogP contribution in [-0.2, 0) is 16.1 Å². The summed E-state index contributed by atoms with van der Waals surface area (Å²) < 4.78 is 11.5. The van der Waals surface area contributed by atoms with Crippen molar-refractivity contribution in [2.75, 3.05) is 27.2 Å². The molecule has 1 aromatic rings. The number of rotatable bonds is 3. The molecule has 1 amide bonds. The third-order valence-corrected chi connectivity index (χ3v) is 4.56. The van der Waals surface area contributed by atoms with Gasteiger partial charge in [-0.15, -0.1) is 0 Å². The normalized spacial score (nSPS) is 29.4. The average molecular weight is 292 g/mol. The van der Waals surface area contributed by atoms with E-state index < -0.39 is 0 Å². The van der Waals surface area contributed by atoms with Gasteiger partial charge in [0.15, 0.2) is 0 Å². The Morgan fingerprint density at radius 1 is 1.43 bits per heavy atom. The van der Waals surface area contributed by atoms with E-state index in [0.29, 0.717) is 6.04 Å². The highest BCUT2D eigenvalue weighted by atomic mass is 16.5. The van der Waals surface area contributed by atoms with Crippen molar-refractivity contribution in [3.05, 3.63) is 23.7 Å². The van der Waals surface area contributed by atoms with Crippen molar-refractivity contribution < 1.29 is 13.9 Å². The number of nitrogens with zero attached hydrogens (tertiary/aromatic N) is 2. The molecule has 0 aliphatic carbocycles. The first-order chi connectivity index (χ1) is 10.0. The SMILES string of the molecule is Cc1ccc(CN2C[C@@H](C(=O)N(C)C)C[C@@H]3OCC[C@@H]32)o1.